The van der Waals surface area contributed by atoms with Crippen molar-refractivity contribution in [3.63, 3.8) is 0 Å². The standard InChI is InChI=1S/C19H24N4O2/c1-13(16-22-17(25-23-16)14-7-3-2-4-8-14)21-18(24)19-10-6-5-9-15(19)11-20-12-19/h2-4,7-8,13,15,20H,5-6,9-12H2,1H3,(H,21,24)/t13?,15-,19+/m0/s1. The number of rotatable bonds is 4. The van der Waals surface area contributed by atoms with E-state index in [4.69, 9.17) is 4.52 Å². The Balaban J connectivity index is 1.48. The summed E-state index contributed by atoms with van der Waals surface area (Å²) in [5.41, 5.74) is 0.615. The quantitative estimate of drug-likeness (QED) is 0.894. The van der Waals surface area contributed by atoms with Gasteiger partial charge >= 0.3 is 0 Å². The molecular formula is C19H24N4O2. The Morgan fingerprint density at radius 3 is 3.04 bits per heavy atom. The summed E-state index contributed by atoms with van der Waals surface area (Å²) in [6, 6.07) is 9.39. The van der Waals surface area contributed by atoms with Gasteiger partial charge < -0.3 is 15.2 Å². The second-order valence-electron chi connectivity index (χ2n) is 7.25. The molecule has 2 fully saturated rings. The monoisotopic (exact) mass is 340 g/mol. The van der Waals surface area contributed by atoms with Crippen LogP contribution in [0.1, 0.15) is 44.5 Å². The van der Waals surface area contributed by atoms with Crippen LogP contribution < -0.4 is 10.6 Å². The van der Waals surface area contributed by atoms with Crippen LogP contribution in [0.15, 0.2) is 34.9 Å². The predicted octanol–water partition coefficient (Wildman–Crippen LogP) is 2.69. The highest BCUT2D eigenvalue weighted by molar-refractivity contribution is 5.84. The molecule has 1 saturated carbocycles. The van der Waals surface area contributed by atoms with Crippen LogP contribution >= 0.6 is 0 Å². The summed E-state index contributed by atoms with van der Waals surface area (Å²) in [7, 11) is 0. The fourth-order valence-corrected chi connectivity index (χ4v) is 4.20. The molecule has 1 aliphatic heterocycles. The number of amides is 1. The van der Waals surface area contributed by atoms with E-state index in [1.165, 1.54) is 6.42 Å². The van der Waals surface area contributed by atoms with E-state index in [-0.39, 0.29) is 17.4 Å². The zero-order valence-corrected chi connectivity index (χ0v) is 14.5. The zero-order valence-electron chi connectivity index (χ0n) is 14.5. The van der Waals surface area contributed by atoms with E-state index < -0.39 is 0 Å². The summed E-state index contributed by atoms with van der Waals surface area (Å²) in [6.07, 6.45) is 4.45. The molecule has 2 aromatic rings. The maximum Gasteiger partial charge on any atom is 0.257 e. The zero-order chi connectivity index (χ0) is 17.3. The van der Waals surface area contributed by atoms with Gasteiger partial charge in [-0.25, -0.2) is 0 Å². The normalized spacial score (nSPS) is 26.8. The fraction of sp³-hybridized carbons (Fsp3) is 0.526. The molecule has 1 aromatic heterocycles. The van der Waals surface area contributed by atoms with Crippen molar-refractivity contribution < 1.29 is 9.32 Å². The van der Waals surface area contributed by atoms with Crippen molar-refractivity contribution in [3.8, 4) is 11.5 Å². The van der Waals surface area contributed by atoms with Gasteiger partial charge in [-0.05, 0) is 44.4 Å². The van der Waals surface area contributed by atoms with Crippen molar-refractivity contribution in [3.05, 3.63) is 36.2 Å². The molecule has 0 bridgehead atoms. The maximum atomic E-state index is 13.0. The van der Waals surface area contributed by atoms with Gasteiger partial charge in [0.15, 0.2) is 5.82 Å². The van der Waals surface area contributed by atoms with Gasteiger partial charge in [-0.2, -0.15) is 4.98 Å². The minimum Gasteiger partial charge on any atom is -0.346 e. The largest absolute Gasteiger partial charge is 0.346 e. The summed E-state index contributed by atoms with van der Waals surface area (Å²) < 4.78 is 5.36. The maximum absolute atomic E-state index is 13.0. The summed E-state index contributed by atoms with van der Waals surface area (Å²) in [4.78, 5) is 17.5. The lowest BCUT2D eigenvalue weighted by molar-refractivity contribution is -0.134. The van der Waals surface area contributed by atoms with Gasteiger partial charge in [0.25, 0.3) is 5.89 Å². The lowest BCUT2D eigenvalue weighted by atomic mass is 9.67. The van der Waals surface area contributed by atoms with Crippen LogP contribution in [-0.4, -0.2) is 29.1 Å². The lowest BCUT2D eigenvalue weighted by Crippen LogP contribution is -2.48. The molecule has 132 valence electrons. The van der Waals surface area contributed by atoms with Crippen LogP contribution in [0.2, 0.25) is 0 Å². The van der Waals surface area contributed by atoms with Crippen LogP contribution in [0.4, 0.5) is 0 Å². The SMILES string of the molecule is CC(NC(=O)[C@@]12CCCC[C@H]1CNC2)c1noc(-c2ccccc2)n1. The average Bonchev–Trinajstić information content (AvgIpc) is 3.30. The summed E-state index contributed by atoms with van der Waals surface area (Å²) in [5, 5.41) is 10.6. The lowest BCUT2D eigenvalue weighted by Gasteiger charge is -2.37. The number of hydrogen-bond donors (Lipinski definition) is 2. The van der Waals surface area contributed by atoms with Crippen molar-refractivity contribution in [1.29, 1.82) is 0 Å². The summed E-state index contributed by atoms with van der Waals surface area (Å²) in [5.74, 6) is 1.56. The highest BCUT2D eigenvalue weighted by Gasteiger charge is 2.50. The van der Waals surface area contributed by atoms with Crippen LogP contribution in [0.3, 0.4) is 0 Å². The Labute approximate surface area is 147 Å². The molecule has 4 rings (SSSR count). The third-order valence-electron chi connectivity index (χ3n) is 5.69. The number of nitrogens with one attached hydrogen (secondary N) is 2. The molecule has 2 aliphatic rings. The molecule has 6 nitrogen and oxygen atoms in total. The molecule has 3 atom stereocenters. The van der Waals surface area contributed by atoms with Gasteiger partial charge in [0.1, 0.15) is 0 Å². The second-order valence-corrected chi connectivity index (χ2v) is 7.25. The number of benzene rings is 1. The van der Waals surface area contributed by atoms with E-state index in [0.29, 0.717) is 17.6 Å². The van der Waals surface area contributed by atoms with Crippen molar-refractivity contribution in [2.45, 2.75) is 38.6 Å². The van der Waals surface area contributed by atoms with E-state index in [1.54, 1.807) is 0 Å². The molecule has 6 heteroatoms. The highest BCUT2D eigenvalue weighted by Crippen LogP contribution is 2.44. The number of hydrogen-bond acceptors (Lipinski definition) is 5. The summed E-state index contributed by atoms with van der Waals surface area (Å²) >= 11 is 0. The third-order valence-corrected chi connectivity index (χ3v) is 5.69. The Morgan fingerprint density at radius 1 is 1.36 bits per heavy atom. The molecule has 1 unspecified atom stereocenters. The Kier molecular flexibility index (Phi) is 4.29. The number of aromatic nitrogens is 2. The van der Waals surface area contributed by atoms with Crippen molar-refractivity contribution in [2.24, 2.45) is 11.3 Å². The minimum atomic E-state index is -0.272. The van der Waals surface area contributed by atoms with Crippen LogP contribution in [0.5, 0.6) is 0 Å². The smallest absolute Gasteiger partial charge is 0.257 e. The molecule has 1 aromatic carbocycles. The Morgan fingerprint density at radius 2 is 2.20 bits per heavy atom. The molecule has 1 aliphatic carbocycles. The molecule has 1 amide bonds. The number of carbonyl (C=O) groups excluding carboxylic acids is 1. The molecule has 0 spiro atoms. The molecule has 25 heavy (non-hydrogen) atoms. The molecule has 0 radical (unpaired) electrons. The van der Waals surface area contributed by atoms with E-state index in [0.717, 1.165) is 37.9 Å². The third kappa shape index (κ3) is 2.95. The first-order valence-corrected chi connectivity index (χ1v) is 9.10. The van der Waals surface area contributed by atoms with Gasteiger partial charge in [-0.3, -0.25) is 4.79 Å². The van der Waals surface area contributed by atoms with Gasteiger partial charge in [-0.15, -0.1) is 0 Å². The molecule has 2 heterocycles. The van der Waals surface area contributed by atoms with Gasteiger partial charge in [0.2, 0.25) is 5.91 Å². The van der Waals surface area contributed by atoms with Crippen molar-refractivity contribution in [1.82, 2.24) is 20.8 Å². The van der Waals surface area contributed by atoms with Crippen LogP contribution in [0, 0.1) is 11.3 Å². The van der Waals surface area contributed by atoms with Gasteiger partial charge in [0, 0.05) is 12.1 Å². The van der Waals surface area contributed by atoms with Crippen LogP contribution in [-0.2, 0) is 4.79 Å². The highest BCUT2D eigenvalue weighted by atomic mass is 16.5. The topological polar surface area (TPSA) is 80.0 Å². The van der Waals surface area contributed by atoms with Crippen molar-refractivity contribution in [2.75, 3.05) is 13.1 Å². The predicted molar refractivity (Wildman–Crippen MR) is 93.6 cm³/mol. The first kappa shape index (κ1) is 16.3. The van der Waals surface area contributed by atoms with E-state index >= 15 is 0 Å². The Hall–Kier alpha value is -2.21. The minimum absolute atomic E-state index is 0.126. The van der Waals surface area contributed by atoms with E-state index in [2.05, 4.69) is 20.8 Å². The first-order valence-electron chi connectivity index (χ1n) is 9.10. The Bertz CT molecular complexity index is 745. The fourth-order valence-electron chi connectivity index (χ4n) is 4.20. The second kappa shape index (κ2) is 6.59. The number of carbonyl (C=O) groups is 1. The number of nitrogens with zero attached hydrogens (tertiary/aromatic N) is 2. The average molecular weight is 340 g/mol. The molecule has 2 N–H and O–H groups in total. The number of fused-ring (bicyclic) bond motifs is 1. The van der Waals surface area contributed by atoms with Crippen LogP contribution in [0.25, 0.3) is 11.5 Å². The molecule has 1 saturated heterocycles. The van der Waals surface area contributed by atoms with Gasteiger partial charge in [-0.1, -0.05) is 36.2 Å². The molecular weight excluding hydrogens is 316 g/mol. The summed E-state index contributed by atoms with van der Waals surface area (Å²) in [6.45, 7) is 3.63. The van der Waals surface area contributed by atoms with E-state index in [9.17, 15) is 4.79 Å². The van der Waals surface area contributed by atoms with Gasteiger partial charge in [0.05, 0.1) is 11.5 Å². The van der Waals surface area contributed by atoms with E-state index in [1.807, 2.05) is 37.3 Å². The van der Waals surface area contributed by atoms with Crippen molar-refractivity contribution >= 4 is 5.91 Å². The first-order chi connectivity index (χ1) is 12.2.